The molecule has 1 aromatic carbocycles. The third-order valence-corrected chi connectivity index (χ3v) is 1.79. The molecule has 0 unspecified atom stereocenters. The molecule has 0 aliphatic carbocycles. The number of ether oxygens (including phenoxy) is 2. The maximum Gasteiger partial charge on any atom is 0.573 e. The minimum Gasteiger partial charge on any atom is -0.494 e. The molecule has 0 amide bonds. The van der Waals surface area contributed by atoms with Crippen LogP contribution in [0.4, 0.5) is 13.2 Å². The number of azide groups is 1. The molecule has 0 saturated carbocycles. The summed E-state index contributed by atoms with van der Waals surface area (Å²) in [6.07, 6.45) is -4.16. The van der Waals surface area contributed by atoms with Crippen molar-refractivity contribution in [3.05, 3.63) is 34.7 Å². The smallest absolute Gasteiger partial charge is 0.494 e. The van der Waals surface area contributed by atoms with Crippen LogP contribution in [0, 0.1) is 0 Å². The number of hydrogen-bond donors (Lipinski definition) is 0. The van der Waals surface area contributed by atoms with E-state index in [1.165, 1.54) is 12.1 Å². The highest BCUT2D eigenvalue weighted by molar-refractivity contribution is 5.31. The molecule has 0 N–H and O–H groups in total. The Labute approximate surface area is 101 Å². The van der Waals surface area contributed by atoms with E-state index in [1.807, 2.05) is 0 Å². The van der Waals surface area contributed by atoms with Crippen LogP contribution in [0.3, 0.4) is 0 Å². The molecule has 0 aliphatic rings. The Bertz CT molecular complexity index is 413. The first-order valence-electron chi connectivity index (χ1n) is 5.01. The molecule has 0 aromatic heterocycles. The fourth-order valence-corrected chi connectivity index (χ4v) is 1.11. The number of halogens is 3. The van der Waals surface area contributed by atoms with Crippen LogP contribution in [0.1, 0.15) is 6.42 Å². The summed E-state index contributed by atoms with van der Waals surface area (Å²) >= 11 is 0. The van der Waals surface area contributed by atoms with Crippen molar-refractivity contribution in [2.45, 2.75) is 12.8 Å². The molecular formula is C10H10F3N3O2. The first-order valence-corrected chi connectivity index (χ1v) is 5.01. The van der Waals surface area contributed by atoms with Gasteiger partial charge in [-0.1, -0.05) is 5.11 Å². The summed E-state index contributed by atoms with van der Waals surface area (Å²) in [7, 11) is 0. The van der Waals surface area contributed by atoms with Crippen molar-refractivity contribution in [2.75, 3.05) is 13.2 Å². The van der Waals surface area contributed by atoms with Crippen LogP contribution >= 0.6 is 0 Å². The summed E-state index contributed by atoms with van der Waals surface area (Å²) in [4.78, 5) is 2.57. The lowest BCUT2D eigenvalue weighted by molar-refractivity contribution is -0.274. The van der Waals surface area contributed by atoms with Crippen LogP contribution in [0.5, 0.6) is 11.5 Å². The van der Waals surface area contributed by atoms with E-state index in [2.05, 4.69) is 14.8 Å². The van der Waals surface area contributed by atoms with Gasteiger partial charge in [0.2, 0.25) is 0 Å². The Balaban J connectivity index is 2.38. The monoisotopic (exact) mass is 261 g/mol. The maximum absolute atomic E-state index is 11.9. The van der Waals surface area contributed by atoms with E-state index in [9.17, 15) is 13.2 Å². The highest BCUT2D eigenvalue weighted by Gasteiger charge is 2.30. The number of alkyl halides is 3. The van der Waals surface area contributed by atoms with Crippen LogP contribution < -0.4 is 9.47 Å². The lowest BCUT2D eigenvalue weighted by Gasteiger charge is -2.09. The Morgan fingerprint density at radius 2 is 1.78 bits per heavy atom. The average Bonchev–Trinajstić information content (AvgIpc) is 2.29. The Morgan fingerprint density at radius 1 is 1.17 bits per heavy atom. The zero-order valence-electron chi connectivity index (χ0n) is 9.22. The van der Waals surface area contributed by atoms with Crippen molar-refractivity contribution in [2.24, 2.45) is 5.11 Å². The van der Waals surface area contributed by atoms with Gasteiger partial charge in [0.05, 0.1) is 6.61 Å². The fourth-order valence-electron chi connectivity index (χ4n) is 1.11. The first kappa shape index (κ1) is 14.0. The average molecular weight is 261 g/mol. The van der Waals surface area contributed by atoms with Crippen LogP contribution in [-0.4, -0.2) is 19.5 Å². The number of hydrogen-bond acceptors (Lipinski definition) is 3. The molecule has 1 rings (SSSR count). The quantitative estimate of drug-likeness (QED) is 0.339. The minimum absolute atomic E-state index is 0.302. The van der Waals surface area contributed by atoms with Gasteiger partial charge in [-0.25, -0.2) is 0 Å². The molecule has 0 radical (unpaired) electrons. The van der Waals surface area contributed by atoms with Gasteiger partial charge in [0.25, 0.3) is 0 Å². The largest absolute Gasteiger partial charge is 0.573 e. The molecule has 1 aromatic rings. The molecule has 98 valence electrons. The summed E-state index contributed by atoms with van der Waals surface area (Å²) in [5, 5.41) is 3.31. The molecule has 0 aliphatic heterocycles. The molecule has 8 heteroatoms. The number of rotatable bonds is 6. The molecule has 18 heavy (non-hydrogen) atoms. The topological polar surface area (TPSA) is 67.2 Å². The van der Waals surface area contributed by atoms with Gasteiger partial charge in [0.15, 0.2) is 0 Å². The summed E-state index contributed by atoms with van der Waals surface area (Å²) in [6, 6.07) is 5.07. The Kier molecular flexibility index (Phi) is 5.13. The van der Waals surface area contributed by atoms with Gasteiger partial charge in [0, 0.05) is 11.5 Å². The Morgan fingerprint density at radius 3 is 2.33 bits per heavy atom. The van der Waals surface area contributed by atoms with Crippen LogP contribution in [0.2, 0.25) is 0 Å². The first-order chi connectivity index (χ1) is 8.51. The summed E-state index contributed by atoms with van der Waals surface area (Å²) in [5.41, 5.74) is 8.02. The maximum atomic E-state index is 11.9. The summed E-state index contributed by atoms with van der Waals surface area (Å²) in [5.74, 6) is 0.120. The second-order valence-corrected chi connectivity index (χ2v) is 3.18. The molecule has 5 nitrogen and oxygen atoms in total. The predicted molar refractivity (Wildman–Crippen MR) is 57.3 cm³/mol. The van der Waals surface area contributed by atoms with Crippen molar-refractivity contribution in [1.82, 2.24) is 0 Å². The van der Waals surface area contributed by atoms with Crippen molar-refractivity contribution in [3.63, 3.8) is 0 Å². The van der Waals surface area contributed by atoms with E-state index in [1.54, 1.807) is 0 Å². The lowest BCUT2D eigenvalue weighted by atomic mass is 10.3. The van der Waals surface area contributed by atoms with Gasteiger partial charge in [0.1, 0.15) is 11.5 Å². The van der Waals surface area contributed by atoms with Gasteiger partial charge in [-0.05, 0) is 36.2 Å². The minimum atomic E-state index is -4.70. The summed E-state index contributed by atoms with van der Waals surface area (Å²) < 4.78 is 44.5. The van der Waals surface area contributed by atoms with E-state index >= 15 is 0 Å². The van der Waals surface area contributed by atoms with Gasteiger partial charge >= 0.3 is 6.36 Å². The normalized spacial score (nSPS) is 10.6. The van der Waals surface area contributed by atoms with E-state index in [0.29, 0.717) is 25.3 Å². The van der Waals surface area contributed by atoms with Crippen molar-refractivity contribution in [3.8, 4) is 11.5 Å². The second kappa shape index (κ2) is 6.61. The van der Waals surface area contributed by atoms with Crippen molar-refractivity contribution in [1.29, 1.82) is 0 Å². The van der Waals surface area contributed by atoms with E-state index in [4.69, 9.17) is 10.3 Å². The molecule has 0 saturated heterocycles. The number of benzene rings is 1. The van der Waals surface area contributed by atoms with E-state index < -0.39 is 6.36 Å². The molecule has 0 bridgehead atoms. The third-order valence-electron chi connectivity index (χ3n) is 1.79. The SMILES string of the molecule is [N-]=[N+]=NCCCOc1ccc(OC(F)(F)F)cc1. The molecule has 0 heterocycles. The zero-order valence-corrected chi connectivity index (χ0v) is 9.22. The molecular weight excluding hydrogens is 251 g/mol. The standard InChI is InChI=1S/C10H10F3N3O2/c11-10(12,13)18-9-4-2-8(3-5-9)17-7-1-6-15-16-14/h2-5H,1,6-7H2. The van der Waals surface area contributed by atoms with E-state index in [0.717, 1.165) is 12.1 Å². The highest BCUT2D eigenvalue weighted by atomic mass is 19.4. The van der Waals surface area contributed by atoms with Crippen LogP contribution in [-0.2, 0) is 0 Å². The lowest BCUT2D eigenvalue weighted by Crippen LogP contribution is -2.16. The van der Waals surface area contributed by atoms with Gasteiger partial charge < -0.3 is 9.47 Å². The zero-order chi connectivity index (χ0) is 13.4. The second-order valence-electron chi connectivity index (χ2n) is 3.18. The molecule has 0 fully saturated rings. The van der Waals surface area contributed by atoms with Crippen LogP contribution in [0.25, 0.3) is 10.4 Å². The predicted octanol–water partition coefficient (Wildman–Crippen LogP) is 3.66. The third kappa shape index (κ3) is 5.86. The molecule has 0 spiro atoms. The van der Waals surface area contributed by atoms with Gasteiger partial charge in [-0.2, -0.15) is 0 Å². The van der Waals surface area contributed by atoms with E-state index in [-0.39, 0.29) is 5.75 Å². The summed E-state index contributed by atoms with van der Waals surface area (Å²) in [6.45, 7) is 0.629. The van der Waals surface area contributed by atoms with Gasteiger partial charge in [-0.15, -0.1) is 13.2 Å². The van der Waals surface area contributed by atoms with Crippen molar-refractivity contribution < 1.29 is 22.6 Å². The van der Waals surface area contributed by atoms with Gasteiger partial charge in [-0.3, -0.25) is 0 Å². The Hall–Kier alpha value is -2.08. The fraction of sp³-hybridized carbons (Fsp3) is 0.400. The van der Waals surface area contributed by atoms with Crippen molar-refractivity contribution >= 4 is 0 Å². The molecule has 0 atom stereocenters. The van der Waals surface area contributed by atoms with Crippen LogP contribution in [0.15, 0.2) is 29.4 Å². The number of nitrogens with zero attached hydrogens (tertiary/aromatic N) is 3. The highest BCUT2D eigenvalue weighted by Crippen LogP contribution is 2.24.